The molecular weight excluding hydrogens is 427 g/mol. The zero-order chi connectivity index (χ0) is 23.1. The monoisotopic (exact) mass is 451 g/mol. The number of nitrogens with one attached hydrogen (secondary N) is 1. The second-order valence-corrected chi connectivity index (χ2v) is 7.40. The number of H-pyrrole nitrogens is 1. The summed E-state index contributed by atoms with van der Waals surface area (Å²) in [5, 5.41) is 14.6. The van der Waals surface area contributed by atoms with Gasteiger partial charge in [-0.1, -0.05) is 18.2 Å². The number of para-hydroxylation sites is 1. The molecule has 0 saturated heterocycles. The molecule has 1 aliphatic heterocycles. The number of ether oxygens (including phenoxy) is 1. The van der Waals surface area contributed by atoms with Crippen LogP contribution in [0.1, 0.15) is 23.5 Å². The number of carboxylic acids is 1. The molecule has 1 aromatic carbocycles. The molecule has 1 aliphatic rings. The molecule has 0 saturated carbocycles. The molecule has 32 heavy (non-hydrogen) atoms. The zero-order valence-corrected chi connectivity index (χ0v) is 17.4. The summed E-state index contributed by atoms with van der Waals surface area (Å²) < 4.78 is 40.0. The Labute approximate surface area is 182 Å². The Morgan fingerprint density at radius 1 is 1.31 bits per heavy atom. The maximum Gasteiger partial charge on any atom is 0.490 e. The third-order valence-corrected chi connectivity index (χ3v) is 4.94. The van der Waals surface area contributed by atoms with Gasteiger partial charge < -0.3 is 14.4 Å². The van der Waals surface area contributed by atoms with Crippen molar-refractivity contribution in [2.45, 2.75) is 45.2 Å². The molecule has 0 spiro atoms. The molecule has 0 fully saturated rings. The van der Waals surface area contributed by atoms with Gasteiger partial charge in [0, 0.05) is 37.6 Å². The van der Waals surface area contributed by atoms with E-state index in [-0.39, 0.29) is 0 Å². The Balaban J connectivity index is 0.000000360. The van der Waals surface area contributed by atoms with Gasteiger partial charge in [0.15, 0.2) is 0 Å². The van der Waals surface area contributed by atoms with Crippen molar-refractivity contribution in [2.75, 3.05) is 6.61 Å². The van der Waals surface area contributed by atoms with Crippen LogP contribution >= 0.6 is 0 Å². The van der Waals surface area contributed by atoms with E-state index in [1.54, 1.807) is 0 Å². The Bertz CT molecular complexity index is 1000. The van der Waals surface area contributed by atoms with Crippen LogP contribution in [0.3, 0.4) is 0 Å². The van der Waals surface area contributed by atoms with Crippen molar-refractivity contribution >= 4 is 5.97 Å². The van der Waals surface area contributed by atoms with Gasteiger partial charge in [0.05, 0.1) is 17.7 Å². The van der Waals surface area contributed by atoms with Crippen LogP contribution in [0.4, 0.5) is 13.2 Å². The molecule has 11 heteroatoms. The summed E-state index contributed by atoms with van der Waals surface area (Å²) in [5.74, 6) is -1.84. The number of nitrogens with zero attached hydrogens (tertiary/aromatic N) is 4. The number of imidazole rings is 1. The first-order valence-electron chi connectivity index (χ1n) is 9.94. The van der Waals surface area contributed by atoms with Crippen molar-refractivity contribution in [3.63, 3.8) is 0 Å². The number of benzene rings is 1. The summed E-state index contributed by atoms with van der Waals surface area (Å²) in [5.41, 5.74) is 3.40. The SMILES string of the molecule is Cc1cc(CN2Cc3cncn3CCC2COc2ccccc2)n[nH]1.O=C(O)C(F)(F)F. The van der Waals surface area contributed by atoms with Crippen LogP contribution in [0.25, 0.3) is 0 Å². The molecule has 0 bridgehead atoms. The summed E-state index contributed by atoms with van der Waals surface area (Å²) in [6.07, 6.45) is -0.171. The molecule has 2 N–H and O–H groups in total. The van der Waals surface area contributed by atoms with Gasteiger partial charge >= 0.3 is 12.1 Å². The molecule has 0 amide bonds. The highest BCUT2D eigenvalue weighted by Crippen LogP contribution is 2.21. The van der Waals surface area contributed by atoms with Crippen LogP contribution < -0.4 is 4.74 Å². The van der Waals surface area contributed by atoms with E-state index in [4.69, 9.17) is 14.6 Å². The normalized spacial score (nSPS) is 16.4. The van der Waals surface area contributed by atoms with Crippen LogP contribution in [0, 0.1) is 6.92 Å². The fourth-order valence-corrected chi connectivity index (χ4v) is 3.34. The summed E-state index contributed by atoms with van der Waals surface area (Å²) in [4.78, 5) is 15.6. The Morgan fingerprint density at radius 2 is 2.03 bits per heavy atom. The number of carbonyl (C=O) groups is 1. The molecule has 1 unspecified atom stereocenters. The van der Waals surface area contributed by atoms with Crippen LogP contribution in [0.15, 0.2) is 48.9 Å². The van der Waals surface area contributed by atoms with E-state index in [2.05, 4.69) is 30.7 Å². The minimum Gasteiger partial charge on any atom is -0.492 e. The molecular formula is C21H24F3N5O3. The lowest BCUT2D eigenvalue weighted by atomic mass is 10.1. The molecule has 3 aromatic rings. The van der Waals surface area contributed by atoms with E-state index in [0.717, 1.165) is 43.2 Å². The highest BCUT2D eigenvalue weighted by molar-refractivity contribution is 5.73. The number of aromatic nitrogens is 4. The topological polar surface area (TPSA) is 96.3 Å². The number of hydrogen-bond donors (Lipinski definition) is 2. The van der Waals surface area contributed by atoms with Gasteiger partial charge in [0.2, 0.25) is 0 Å². The van der Waals surface area contributed by atoms with Crippen molar-refractivity contribution in [2.24, 2.45) is 0 Å². The Kier molecular flexibility index (Phi) is 7.52. The molecule has 1 atom stereocenters. The molecule has 2 aromatic heterocycles. The van der Waals surface area contributed by atoms with Crippen molar-refractivity contribution in [1.82, 2.24) is 24.6 Å². The van der Waals surface area contributed by atoms with Crippen molar-refractivity contribution in [3.8, 4) is 5.75 Å². The number of aromatic amines is 1. The second-order valence-electron chi connectivity index (χ2n) is 7.40. The first-order chi connectivity index (χ1) is 15.2. The smallest absolute Gasteiger partial charge is 0.490 e. The lowest BCUT2D eigenvalue weighted by molar-refractivity contribution is -0.192. The summed E-state index contributed by atoms with van der Waals surface area (Å²) in [6, 6.07) is 12.5. The van der Waals surface area contributed by atoms with Gasteiger partial charge in [-0.25, -0.2) is 9.78 Å². The molecule has 3 heterocycles. The number of rotatable bonds is 5. The van der Waals surface area contributed by atoms with E-state index in [1.165, 1.54) is 5.69 Å². The Morgan fingerprint density at radius 3 is 2.66 bits per heavy atom. The van der Waals surface area contributed by atoms with Gasteiger partial charge in [0.1, 0.15) is 12.4 Å². The van der Waals surface area contributed by atoms with Gasteiger partial charge in [-0.2, -0.15) is 18.3 Å². The maximum atomic E-state index is 10.6. The van der Waals surface area contributed by atoms with Crippen LogP contribution in [-0.2, 0) is 24.4 Å². The third-order valence-electron chi connectivity index (χ3n) is 4.94. The van der Waals surface area contributed by atoms with Crippen molar-refractivity contribution in [1.29, 1.82) is 0 Å². The summed E-state index contributed by atoms with van der Waals surface area (Å²) in [6.45, 7) is 5.33. The minimum atomic E-state index is -5.08. The first-order valence-corrected chi connectivity index (χ1v) is 9.94. The standard InChI is InChI=1S/C19H23N5O.C2HF3O2/c1-15-9-16(22-21-15)11-24-12-18-10-20-14-23(18)8-7-17(24)13-25-19-5-3-2-4-6-19;3-2(4,5)1(6)7/h2-6,9-10,14,17H,7-8,11-13H2,1H3,(H,21,22);(H,6,7). The first kappa shape index (κ1) is 23.3. The summed E-state index contributed by atoms with van der Waals surface area (Å²) in [7, 11) is 0. The fraction of sp³-hybridized carbons (Fsp3) is 0.381. The predicted octanol–water partition coefficient (Wildman–Crippen LogP) is 3.40. The number of alkyl halides is 3. The number of aryl methyl sites for hydroxylation is 2. The van der Waals surface area contributed by atoms with E-state index < -0.39 is 12.1 Å². The number of hydrogen-bond acceptors (Lipinski definition) is 5. The molecule has 0 aliphatic carbocycles. The van der Waals surface area contributed by atoms with E-state index in [0.29, 0.717) is 12.6 Å². The molecule has 0 radical (unpaired) electrons. The lowest BCUT2D eigenvalue weighted by Gasteiger charge is -2.28. The zero-order valence-electron chi connectivity index (χ0n) is 17.4. The average Bonchev–Trinajstić information content (AvgIpc) is 3.33. The lowest BCUT2D eigenvalue weighted by Crippen LogP contribution is -2.38. The predicted molar refractivity (Wildman–Crippen MR) is 109 cm³/mol. The highest BCUT2D eigenvalue weighted by atomic mass is 19.4. The van der Waals surface area contributed by atoms with Gasteiger partial charge in [-0.3, -0.25) is 10.00 Å². The molecule has 172 valence electrons. The second kappa shape index (κ2) is 10.3. The maximum absolute atomic E-state index is 10.6. The van der Waals surface area contributed by atoms with Gasteiger partial charge in [-0.15, -0.1) is 0 Å². The van der Waals surface area contributed by atoms with E-state index in [1.807, 2.05) is 49.8 Å². The van der Waals surface area contributed by atoms with Crippen LogP contribution in [-0.4, -0.2) is 54.5 Å². The van der Waals surface area contributed by atoms with E-state index >= 15 is 0 Å². The highest BCUT2D eigenvalue weighted by Gasteiger charge is 2.38. The van der Waals surface area contributed by atoms with Crippen LogP contribution in [0.5, 0.6) is 5.75 Å². The van der Waals surface area contributed by atoms with Crippen molar-refractivity contribution in [3.05, 3.63) is 66.0 Å². The number of halogens is 3. The fourth-order valence-electron chi connectivity index (χ4n) is 3.34. The number of fused-ring (bicyclic) bond motifs is 1. The van der Waals surface area contributed by atoms with Gasteiger partial charge in [-0.05, 0) is 31.5 Å². The van der Waals surface area contributed by atoms with E-state index in [9.17, 15) is 13.2 Å². The third kappa shape index (κ3) is 6.58. The van der Waals surface area contributed by atoms with Crippen LogP contribution in [0.2, 0.25) is 0 Å². The summed E-state index contributed by atoms with van der Waals surface area (Å²) >= 11 is 0. The number of aliphatic carboxylic acids is 1. The molecule has 8 nitrogen and oxygen atoms in total. The number of carboxylic acid groups (broad SMARTS) is 1. The Hall–Kier alpha value is -3.34. The average molecular weight is 451 g/mol. The van der Waals surface area contributed by atoms with Crippen molar-refractivity contribution < 1.29 is 27.8 Å². The molecule has 4 rings (SSSR count). The van der Waals surface area contributed by atoms with Gasteiger partial charge in [0.25, 0.3) is 0 Å². The minimum absolute atomic E-state index is 0.331. The quantitative estimate of drug-likeness (QED) is 0.617. The largest absolute Gasteiger partial charge is 0.492 e.